The number of rotatable bonds is 7. The Morgan fingerprint density at radius 3 is 2.57 bits per heavy atom. The van der Waals surface area contributed by atoms with Crippen LogP contribution < -0.4 is 14.8 Å². The minimum atomic E-state index is 0.536. The van der Waals surface area contributed by atoms with Crippen molar-refractivity contribution in [3.63, 3.8) is 0 Å². The molecule has 0 spiro atoms. The summed E-state index contributed by atoms with van der Waals surface area (Å²) in [6.45, 7) is 7.48. The van der Waals surface area contributed by atoms with Gasteiger partial charge in [0, 0.05) is 6.54 Å². The van der Waals surface area contributed by atoms with Gasteiger partial charge in [0.25, 0.3) is 0 Å². The zero-order valence-corrected chi connectivity index (χ0v) is 12.7. The first-order chi connectivity index (χ1) is 10.3. The van der Waals surface area contributed by atoms with Crippen LogP contribution in [0.5, 0.6) is 17.4 Å². The van der Waals surface area contributed by atoms with Crippen LogP contribution in [0.2, 0.25) is 0 Å². The van der Waals surface area contributed by atoms with E-state index < -0.39 is 0 Å². The Kier molecular flexibility index (Phi) is 5.37. The normalized spacial score (nSPS) is 10.2. The van der Waals surface area contributed by atoms with Crippen LogP contribution in [0.15, 0.2) is 30.6 Å². The van der Waals surface area contributed by atoms with Crippen LogP contribution in [0.1, 0.15) is 25.8 Å². The fourth-order valence-electron chi connectivity index (χ4n) is 1.85. The van der Waals surface area contributed by atoms with Crippen molar-refractivity contribution in [2.75, 3.05) is 18.5 Å². The molecule has 1 aromatic carbocycles. The second-order valence-electron chi connectivity index (χ2n) is 4.58. The molecule has 0 aliphatic rings. The van der Waals surface area contributed by atoms with Crippen molar-refractivity contribution in [2.24, 2.45) is 0 Å². The molecule has 112 valence electrons. The number of hydrogen-bond donors (Lipinski definition) is 1. The highest BCUT2D eigenvalue weighted by Gasteiger charge is 2.11. The first-order valence-electron chi connectivity index (χ1n) is 7.21. The van der Waals surface area contributed by atoms with Gasteiger partial charge in [0.1, 0.15) is 12.1 Å². The van der Waals surface area contributed by atoms with E-state index in [9.17, 15) is 0 Å². The number of nitrogens with one attached hydrogen (secondary N) is 1. The summed E-state index contributed by atoms with van der Waals surface area (Å²) in [6.07, 6.45) is 2.45. The van der Waals surface area contributed by atoms with Gasteiger partial charge in [-0.15, -0.1) is 0 Å². The van der Waals surface area contributed by atoms with Crippen LogP contribution in [0, 0.1) is 6.92 Å². The predicted molar refractivity (Wildman–Crippen MR) is 83.2 cm³/mol. The SMILES string of the molecule is CCCOc1ccccc1Oc1ncnc(NCC)c1C. The van der Waals surface area contributed by atoms with Crippen LogP contribution in [0.4, 0.5) is 5.82 Å². The first kappa shape index (κ1) is 15.1. The summed E-state index contributed by atoms with van der Waals surface area (Å²) < 4.78 is 11.6. The maximum Gasteiger partial charge on any atom is 0.227 e. The number of ether oxygens (including phenoxy) is 2. The summed E-state index contributed by atoms with van der Waals surface area (Å²) in [5.74, 6) is 2.71. The van der Waals surface area contributed by atoms with Gasteiger partial charge in [0.15, 0.2) is 11.5 Å². The van der Waals surface area contributed by atoms with Crippen LogP contribution in [-0.4, -0.2) is 23.1 Å². The lowest BCUT2D eigenvalue weighted by molar-refractivity contribution is 0.300. The van der Waals surface area contributed by atoms with E-state index in [1.807, 2.05) is 38.1 Å². The molecule has 0 atom stereocenters. The Morgan fingerprint density at radius 1 is 1.10 bits per heavy atom. The fraction of sp³-hybridized carbons (Fsp3) is 0.375. The highest BCUT2D eigenvalue weighted by molar-refractivity contribution is 5.50. The van der Waals surface area contributed by atoms with Gasteiger partial charge in [-0.25, -0.2) is 9.97 Å². The molecule has 0 fully saturated rings. The third kappa shape index (κ3) is 3.84. The Morgan fingerprint density at radius 2 is 1.86 bits per heavy atom. The number of aromatic nitrogens is 2. The molecule has 0 aliphatic heterocycles. The number of nitrogens with zero attached hydrogens (tertiary/aromatic N) is 2. The molecular formula is C16H21N3O2. The minimum Gasteiger partial charge on any atom is -0.490 e. The third-order valence-corrected chi connectivity index (χ3v) is 2.90. The molecule has 0 saturated heterocycles. The Hall–Kier alpha value is -2.30. The Balaban J connectivity index is 2.24. The molecule has 21 heavy (non-hydrogen) atoms. The molecule has 0 radical (unpaired) electrons. The van der Waals surface area contributed by atoms with E-state index >= 15 is 0 Å². The van der Waals surface area contributed by atoms with Gasteiger partial charge in [0.05, 0.1) is 12.2 Å². The van der Waals surface area contributed by atoms with Gasteiger partial charge in [0.2, 0.25) is 5.88 Å². The third-order valence-electron chi connectivity index (χ3n) is 2.90. The molecule has 5 heteroatoms. The van der Waals surface area contributed by atoms with Gasteiger partial charge in [-0.3, -0.25) is 0 Å². The van der Waals surface area contributed by atoms with Crippen molar-refractivity contribution < 1.29 is 9.47 Å². The quantitative estimate of drug-likeness (QED) is 0.839. The minimum absolute atomic E-state index is 0.536. The Bertz CT molecular complexity index is 587. The van der Waals surface area contributed by atoms with E-state index in [1.165, 1.54) is 6.33 Å². The van der Waals surface area contributed by atoms with Crippen molar-refractivity contribution in [2.45, 2.75) is 27.2 Å². The largest absolute Gasteiger partial charge is 0.490 e. The average molecular weight is 287 g/mol. The van der Waals surface area contributed by atoms with Gasteiger partial charge >= 0.3 is 0 Å². The van der Waals surface area contributed by atoms with E-state index in [-0.39, 0.29) is 0 Å². The molecule has 2 aromatic rings. The van der Waals surface area contributed by atoms with Crippen molar-refractivity contribution in [3.05, 3.63) is 36.2 Å². The lowest BCUT2D eigenvalue weighted by Gasteiger charge is -2.14. The second-order valence-corrected chi connectivity index (χ2v) is 4.58. The highest BCUT2D eigenvalue weighted by Crippen LogP contribution is 2.32. The summed E-state index contributed by atoms with van der Waals surface area (Å²) >= 11 is 0. The zero-order chi connectivity index (χ0) is 15.1. The highest BCUT2D eigenvalue weighted by atomic mass is 16.5. The van der Waals surface area contributed by atoms with E-state index in [0.29, 0.717) is 18.2 Å². The molecule has 0 saturated carbocycles. The summed E-state index contributed by atoms with van der Waals surface area (Å²) in [5.41, 5.74) is 0.879. The number of anilines is 1. The number of para-hydroxylation sites is 2. The van der Waals surface area contributed by atoms with Gasteiger partial charge in [-0.2, -0.15) is 0 Å². The van der Waals surface area contributed by atoms with E-state index in [4.69, 9.17) is 9.47 Å². The smallest absolute Gasteiger partial charge is 0.227 e. The van der Waals surface area contributed by atoms with E-state index in [1.54, 1.807) is 0 Å². The van der Waals surface area contributed by atoms with Gasteiger partial charge < -0.3 is 14.8 Å². The van der Waals surface area contributed by atoms with Crippen molar-refractivity contribution in [1.29, 1.82) is 0 Å². The maximum atomic E-state index is 5.91. The zero-order valence-electron chi connectivity index (χ0n) is 12.7. The van der Waals surface area contributed by atoms with E-state index in [2.05, 4.69) is 22.2 Å². The standard InChI is InChI=1S/C16H21N3O2/c1-4-10-20-13-8-6-7-9-14(13)21-16-12(3)15(17-5-2)18-11-19-16/h6-9,11H,4-5,10H2,1-3H3,(H,17,18,19). The molecule has 5 nitrogen and oxygen atoms in total. The molecule has 0 amide bonds. The number of benzene rings is 1. The van der Waals surface area contributed by atoms with Crippen molar-refractivity contribution in [3.8, 4) is 17.4 Å². The molecule has 0 bridgehead atoms. The van der Waals surface area contributed by atoms with Gasteiger partial charge in [-0.05, 0) is 32.4 Å². The maximum absolute atomic E-state index is 5.91. The molecule has 2 rings (SSSR count). The molecule has 0 aliphatic carbocycles. The van der Waals surface area contributed by atoms with Crippen LogP contribution in [0.25, 0.3) is 0 Å². The Labute approximate surface area is 125 Å². The topological polar surface area (TPSA) is 56.3 Å². The summed E-state index contributed by atoms with van der Waals surface area (Å²) in [6, 6.07) is 7.61. The molecule has 1 N–H and O–H groups in total. The average Bonchev–Trinajstić information content (AvgIpc) is 2.50. The fourth-order valence-corrected chi connectivity index (χ4v) is 1.85. The lowest BCUT2D eigenvalue weighted by atomic mass is 10.3. The van der Waals surface area contributed by atoms with E-state index in [0.717, 1.165) is 30.1 Å². The van der Waals surface area contributed by atoms with Crippen LogP contribution in [0.3, 0.4) is 0 Å². The number of hydrogen-bond acceptors (Lipinski definition) is 5. The second kappa shape index (κ2) is 7.47. The predicted octanol–water partition coefficient (Wildman–Crippen LogP) is 3.80. The van der Waals surface area contributed by atoms with Crippen LogP contribution in [-0.2, 0) is 0 Å². The van der Waals surface area contributed by atoms with Crippen molar-refractivity contribution >= 4 is 5.82 Å². The van der Waals surface area contributed by atoms with Crippen LogP contribution >= 0.6 is 0 Å². The lowest BCUT2D eigenvalue weighted by Crippen LogP contribution is -2.04. The molecule has 1 heterocycles. The monoisotopic (exact) mass is 287 g/mol. The van der Waals surface area contributed by atoms with Gasteiger partial charge in [-0.1, -0.05) is 19.1 Å². The molecule has 0 unspecified atom stereocenters. The molecular weight excluding hydrogens is 266 g/mol. The molecule has 1 aromatic heterocycles. The van der Waals surface area contributed by atoms with Crippen molar-refractivity contribution in [1.82, 2.24) is 9.97 Å². The summed E-state index contributed by atoms with van der Waals surface area (Å²) in [4.78, 5) is 8.42. The first-order valence-corrected chi connectivity index (χ1v) is 7.21. The summed E-state index contributed by atoms with van der Waals surface area (Å²) in [5, 5.41) is 3.19. The summed E-state index contributed by atoms with van der Waals surface area (Å²) in [7, 11) is 0.